The summed E-state index contributed by atoms with van der Waals surface area (Å²) in [4.78, 5) is 25.6. The lowest BCUT2D eigenvalue weighted by atomic mass is 9.78. The number of esters is 1. The van der Waals surface area contributed by atoms with Crippen molar-refractivity contribution in [3.63, 3.8) is 0 Å². The molecule has 7 nitrogen and oxygen atoms in total. The van der Waals surface area contributed by atoms with Gasteiger partial charge in [0.25, 0.3) is 0 Å². The standard InChI is InChI=1S/C15H27NO6/c1-14(2,3)22-13(19)16-7-8-21-9-10(16)15(4,5)11(17)12(18)20-6/h10-11,17H,7-9H2,1-6H3. The van der Waals surface area contributed by atoms with E-state index in [9.17, 15) is 14.7 Å². The fraction of sp³-hybridized carbons (Fsp3) is 0.867. The lowest BCUT2D eigenvalue weighted by molar-refractivity contribution is -0.164. The SMILES string of the molecule is COC(=O)C(O)C(C)(C)C1COCCN1C(=O)OC(C)(C)C. The van der Waals surface area contributed by atoms with Crippen molar-refractivity contribution in [2.75, 3.05) is 26.9 Å². The highest BCUT2D eigenvalue weighted by Gasteiger charge is 2.47. The Balaban J connectivity index is 2.97. The molecule has 2 atom stereocenters. The van der Waals surface area contributed by atoms with Crippen molar-refractivity contribution in [2.24, 2.45) is 5.41 Å². The van der Waals surface area contributed by atoms with Crippen molar-refractivity contribution in [3.05, 3.63) is 0 Å². The molecule has 2 unspecified atom stereocenters. The summed E-state index contributed by atoms with van der Waals surface area (Å²) in [5, 5.41) is 10.2. The van der Waals surface area contributed by atoms with Gasteiger partial charge in [-0.05, 0) is 20.8 Å². The molecule has 0 radical (unpaired) electrons. The number of methoxy groups -OCH3 is 1. The van der Waals surface area contributed by atoms with Crippen molar-refractivity contribution >= 4 is 12.1 Å². The van der Waals surface area contributed by atoms with Crippen LogP contribution >= 0.6 is 0 Å². The van der Waals surface area contributed by atoms with Crippen LogP contribution in [0.3, 0.4) is 0 Å². The highest BCUT2D eigenvalue weighted by molar-refractivity contribution is 5.76. The molecule has 1 amide bonds. The van der Waals surface area contributed by atoms with Gasteiger partial charge in [0.1, 0.15) is 5.60 Å². The maximum absolute atomic E-state index is 12.4. The number of ether oxygens (including phenoxy) is 3. The quantitative estimate of drug-likeness (QED) is 0.787. The summed E-state index contributed by atoms with van der Waals surface area (Å²) in [7, 11) is 1.21. The van der Waals surface area contributed by atoms with Gasteiger partial charge in [-0.3, -0.25) is 4.90 Å². The maximum Gasteiger partial charge on any atom is 0.410 e. The van der Waals surface area contributed by atoms with Crippen LogP contribution < -0.4 is 0 Å². The normalized spacial score (nSPS) is 21.2. The number of morpholine rings is 1. The topological polar surface area (TPSA) is 85.3 Å². The van der Waals surface area contributed by atoms with E-state index in [0.717, 1.165) is 0 Å². The zero-order chi connectivity index (χ0) is 17.1. The van der Waals surface area contributed by atoms with E-state index in [4.69, 9.17) is 9.47 Å². The van der Waals surface area contributed by atoms with E-state index < -0.39 is 35.2 Å². The van der Waals surface area contributed by atoms with Gasteiger partial charge in [-0.2, -0.15) is 0 Å². The van der Waals surface area contributed by atoms with Crippen LogP contribution in [0.2, 0.25) is 0 Å². The third-order valence-electron chi connectivity index (χ3n) is 3.74. The van der Waals surface area contributed by atoms with Gasteiger partial charge in [0.05, 0.1) is 26.4 Å². The fourth-order valence-corrected chi connectivity index (χ4v) is 2.36. The average molecular weight is 317 g/mol. The largest absolute Gasteiger partial charge is 0.467 e. The van der Waals surface area contributed by atoms with Gasteiger partial charge >= 0.3 is 12.1 Å². The van der Waals surface area contributed by atoms with E-state index in [-0.39, 0.29) is 6.61 Å². The monoisotopic (exact) mass is 317 g/mol. The second-order valence-electron chi connectivity index (χ2n) is 7.01. The molecule has 1 rings (SSSR count). The number of hydrogen-bond acceptors (Lipinski definition) is 6. The summed E-state index contributed by atoms with van der Waals surface area (Å²) in [5.74, 6) is -0.736. The third kappa shape index (κ3) is 4.33. The molecule has 128 valence electrons. The molecule has 0 bridgehead atoms. The van der Waals surface area contributed by atoms with Crippen LogP contribution in [0, 0.1) is 5.41 Å². The summed E-state index contributed by atoms with van der Waals surface area (Å²) in [6.45, 7) is 9.71. The molecule has 1 saturated heterocycles. The van der Waals surface area contributed by atoms with Crippen molar-refractivity contribution in [2.45, 2.75) is 52.4 Å². The Labute approximate surface area is 131 Å². The maximum atomic E-state index is 12.4. The second-order valence-corrected chi connectivity index (χ2v) is 7.01. The minimum atomic E-state index is -1.37. The van der Waals surface area contributed by atoms with Crippen LogP contribution in [0.1, 0.15) is 34.6 Å². The van der Waals surface area contributed by atoms with E-state index in [0.29, 0.717) is 13.2 Å². The second kappa shape index (κ2) is 6.83. The molecule has 0 spiro atoms. The van der Waals surface area contributed by atoms with E-state index in [2.05, 4.69) is 4.74 Å². The molecule has 0 aromatic carbocycles. The molecule has 0 saturated carbocycles. The predicted octanol–water partition coefficient (Wildman–Crippen LogP) is 1.18. The average Bonchev–Trinajstić information content (AvgIpc) is 2.43. The van der Waals surface area contributed by atoms with Gasteiger partial charge in [-0.15, -0.1) is 0 Å². The van der Waals surface area contributed by atoms with Gasteiger partial charge in [0.2, 0.25) is 0 Å². The van der Waals surface area contributed by atoms with Crippen molar-refractivity contribution in [1.82, 2.24) is 4.90 Å². The molecule has 1 aliphatic rings. The highest BCUT2D eigenvalue weighted by atomic mass is 16.6. The Bertz CT molecular complexity index is 415. The summed E-state index contributed by atoms with van der Waals surface area (Å²) < 4.78 is 15.4. The van der Waals surface area contributed by atoms with Crippen LogP contribution in [0.25, 0.3) is 0 Å². The number of carbonyl (C=O) groups is 2. The van der Waals surface area contributed by atoms with Gasteiger partial charge in [0, 0.05) is 12.0 Å². The summed E-state index contributed by atoms with van der Waals surface area (Å²) >= 11 is 0. The molecular formula is C15H27NO6. The van der Waals surface area contributed by atoms with E-state index in [1.165, 1.54) is 12.0 Å². The van der Waals surface area contributed by atoms with Gasteiger partial charge in [-0.1, -0.05) is 13.8 Å². The molecule has 0 aliphatic carbocycles. The number of aliphatic hydroxyl groups excluding tert-OH is 1. The first-order chi connectivity index (χ1) is 10.0. The lowest BCUT2D eigenvalue weighted by Gasteiger charge is -2.45. The molecular weight excluding hydrogens is 290 g/mol. The molecule has 1 heterocycles. The molecule has 22 heavy (non-hydrogen) atoms. The highest BCUT2D eigenvalue weighted by Crippen LogP contribution is 2.33. The Morgan fingerprint density at radius 1 is 1.27 bits per heavy atom. The third-order valence-corrected chi connectivity index (χ3v) is 3.74. The van der Waals surface area contributed by atoms with Gasteiger partial charge in [0.15, 0.2) is 6.10 Å². The Morgan fingerprint density at radius 3 is 2.36 bits per heavy atom. The van der Waals surface area contributed by atoms with Crippen LogP contribution in [0.5, 0.6) is 0 Å². The first-order valence-corrected chi connectivity index (χ1v) is 7.34. The first kappa shape index (κ1) is 18.7. The predicted molar refractivity (Wildman–Crippen MR) is 79.4 cm³/mol. The Morgan fingerprint density at radius 2 is 1.86 bits per heavy atom. The van der Waals surface area contributed by atoms with Crippen LogP contribution in [-0.2, 0) is 19.0 Å². The number of rotatable bonds is 3. The van der Waals surface area contributed by atoms with E-state index >= 15 is 0 Å². The Kier molecular flexibility index (Phi) is 5.81. The van der Waals surface area contributed by atoms with Gasteiger partial charge in [-0.25, -0.2) is 9.59 Å². The first-order valence-electron chi connectivity index (χ1n) is 7.34. The summed E-state index contributed by atoms with van der Waals surface area (Å²) in [6.07, 6.45) is -1.85. The minimum Gasteiger partial charge on any atom is -0.467 e. The van der Waals surface area contributed by atoms with Crippen molar-refractivity contribution < 1.29 is 28.9 Å². The smallest absolute Gasteiger partial charge is 0.410 e. The van der Waals surface area contributed by atoms with Gasteiger partial charge < -0.3 is 19.3 Å². The van der Waals surface area contributed by atoms with Crippen LogP contribution in [-0.4, -0.2) is 66.7 Å². The molecule has 1 N–H and O–H groups in total. The van der Waals surface area contributed by atoms with Crippen molar-refractivity contribution in [1.29, 1.82) is 0 Å². The summed E-state index contributed by atoms with van der Waals surface area (Å²) in [5.41, 5.74) is -1.56. The Hall–Kier alpha value is -1.34. The molecule has 1 fully saturated rings. The molecule has 1 aliphatic heterocycles. The molecule has 0 aromatic rings. The zero-order valence-electron chi connectivity index (χ0n) is 14.2. The fourth-order valence-electron chi connectivity index (χ4n) is 2.36. The number of hydrogen-bond donors (Lipinski definition) is 1. The molecule has 0 aromatic heterocycles. The van der Waals surface area contributed by atoms with Crippen molar-refractivity contribution in [3.8, 4) is 0 Å². The van der Waals surface area contributed by atoms with Crippen LogP contribution in [0.4, 0.5) is 4.79 Å². The minimum absolute atomic E-state index is 0.223. The number of aliphatic hydroxyl groups is 1. The number of nitrogens with zero attached hydrogens (tertiary/aromatic N) is 1. The zero-order valence-corrected chi connectivity index (χ0v) is 14.2. The van der Waals surface area contributed by atoms with E-state index in [1.54, 1.807) is 34.6 Å². The molecule has 7 heteroatoms. The summed E-state index contributed by atoms with van der Waals surface area (Å²) in [6, 6.07) is -0.495. The van der Waals surface area contributed by atoms with Crippen LogP contribution in [0.15, 0.2) is 0 Å². The number of carbonyl (C=O) groups excluding carboxylic acids is 2. The lowest BCUT2D eigenvalue weighted by Crippen LogP contribution is -2.60. The number of amides is 1. The van der Waals surface area contributed by atoms with E-state index in [1.807, 2.05) is 0 Å².